The van der Waals surface area contributed by atoms with Gasteiger partial charge < -0.3 is 10.2 Å². The molecule has 1 fully saturated rings. The van der Waals surface area contributed by atoms with E-state index < -0.39 is 9.84 Å². The number of benzene rings is 2. The quantitative estimate of drug-likeness (QED) is 0.894. The first-order valence-electron chi connectivity index (χ1n) is 8.36. The summed E-state index contributed by atoms with van der Waals surface area (Å²) in [5.74, 6) is -0.238. The number of nitrogens with zero attached hydrogens (tertiary/aromatic N) is 1. The van der Waals surface area contributed by atoms with Crippen molar-refractivity contribution in [3.63, 3.8) is 0 Å². The molecule has 1 aliphatic heterocycles. The Balaban J connectivity index is 1.73. The van der Waals surface area contributed by atoms with Gasteiger partial charge in [-0.15, -0.1) is 0 Å². The summed E-state index contributed by atoms with van der Waals surface area (Å²) in [6.07, 6.45) is 3.57. The zero-order valence-corrected chi connectivity index (χ0v) is 15.3. The minimum absolute atomic E-state index is 0.103. The number of hydrogen-bond acceptors (Lipinski definition) is 4. The second kappa shape index (κ2) is 7.29. The number of rotatable bonds is 4. The number of carbonyl (C=O) groups excluding carboxylic acids is 2. The van der Waals surface area contributed by atoms with Crippen molar-refractivity contribution in [3.05, 3.63) is 54.1 Å². The zero-order valence-electron chi connectivity index (χ0n) is 14.4. The summed E-state index contributed by atoms with van der Waals surface area (Å²) in [6.45, 7) is 0.697. The molecule has 0 aromatic heterocycles. The third-order valence-electron chi connectivity index (χ3n) is 4.28. The van der Waals surface area contributed by atoms with E-state index in [4.69, 9.17) is 0 Å². The summed E-state index contributed by atoms with van der Waals surface area (Å²) in [5, 5.41) is 2.69. The lowest BCUT2D eigenvalue weighted by atomic mass is 10.1. The Morgan fingerprint density at radius 1 is 1.08 bits per heavy atom. The van der Waals surface area contributed by atoms with Gasteiger partial charge in [0.15, 0.2) is 9.84 Å². The van der Waals surface area contributed by atoms with Crippen LogP contribution in [0.3, 0.4) is 0 Å². The summed E-state index contributed by atoms with van der Waals surface area (Å²) in [7, 11) is -3.34. The summed E-state index contributed by atoms with van der Waals surface area (Å²) in [6, 6.07) is 12.9. The smallest absolute Gasteiger partial charge is 0.255 e. The fourth-order valence-electron chi connectivity index (χ4n) is 2.88. The van der Waals surface area contributed by atoms with Gasteiger partial charge in [0.25, 0.3) is 5.91 Å². The maximum atomic E-state index is 12.4. The standard InChI is InChI=1S/C19H20N2O4S/c1-26(24,25)17-6-4-5-15(13-17)20-19(23)14-8-10-16(11-9-14)21-12-3-2-7-18(21)22/h4-6,8-11,13H,2-3,7,12H2,1H3,(H,20,23). The maximum Gasteiger partial charge on any atom is 0.255 e. The summed E-state index contributed by atoms with van der Waals surface area (Å²) < 4.78 is 23.2. The van der Waals surface area contributed by atoms with E-state index in [2.05, 4.69) is 5.32 Å². The first-order chi connectivity index (χ1) is 12.3. The van der Waals surface area contributed by atoms with Crippen LogP contribution in [0.5, 0.6) is 0 Å². The first-order valence-corrected chi connectivity index (χ1v) is 10.3. The highest BCUT2D eigenvalue weighted by Crippen LogP contribution is 2.22. The van der Waals surface area contributed by atoms with Crippen LogP contribution in [-0.4, -0.2) is 33.0 Å². The SMILES string of the molecule is CS(=O)(=O)c1cccc(NC(=O)c2ccc(N3CCCCC3=O)cc2)c1. The van der Waals surface area contributed by atoms with Gasteiger partial charge in [-0.25, -0.2) is 8.42 Å². The van der Waals surface area contributed by atoms with Gasteiger partial charge in [0.1, 0.15) is 0 Å². The summed E-state index contributed by atoms with van der Waals surface area (Å²) in [4.78, 5) is 26.2. The fourth-order valence-corrected chi connectivity index (χ4v) is 3.55. The van der Waals surface area contributed by atoms with Crippen LogP contribution in [0.4, 0.5) is 11.4 Å². The monoisotopic (exact) mass is 372 g/mol. The Morgan fingerprint density at radius 2 is 1.81 bits per heavy atom. The highest BCUT2D eigenvalue weighted by Gasteiger charge is 2.19. The lowest BCUT2D eigenvalue weighted by Gasteiger charge is -2.26. The van der Waals surface area contributed by atoms with Crippen LogP contribution in [0, 0.1) is 0 Å². The van der Waals surface area contributed by atoms with Crippen LogP contribution >= 0.6 is 0 Å². The third-order valence-corrected chi connectivity index (χ3v) is 5.39. The third kappa shape index (κ3) is 4.11. The Labute approximate surface area is 152 Å². The molecule has 0 spiro atoms. The van der Waals surface area contributed by atoms with E-state index >= 15 is 0 Å². The molecule has 7 heteroatoms. The van der Waals surface area contributed by atoms with E-state index in [0.29, 0.717) is 24.2 Å². The first kappa shape index (κ1) is 18.1. The average molecular weight is 372 g/mol. The van der Waals surface area contributed by atoms with Crippen LogP contribution < -0.4 is 10.2 Å². The van der Waals surface area contributed by atoms with Crippen molar-refractivity contribution >= 4 is 33.0 Å². The molecule has 0 aliphatic carbocycles. The van der Waals surface area contributed by atoms with E-state index in [1.165, 1.54) is 12.1 Å². The van der Waals surface area contributed by atoms with Crippen LogP contribution in [0.15, 0.2) is 53.4 Å². The van der Waals surface area contributed by atoms with Gasteiger partial charge in [0, 0.05) is 36.2 Å². The van der Waals surface area contributed by atoms with Gasteiger partial charge in [-0.2, -0.15) is 0 Å². The minimum Gasteiger partial charge on any atom is -0.322 e. The van der Waals surface area contributed by atoms with Gasteiger partial charge in [-0.1, -0.05) is 6.07 Å². The van der Waals surface area contributed by atoms with Crippen molar-refractivity contribution in [1.29, 1.82) is 0 Å². The van der Waals surface area contributed by atoms with Gasteiger partial charge in [0.05, 0.1) is 4.90 Å². The molecule has 1 saturated heterocycles. The molecule has 1 aliphatic rings. The molecule has 2 aromatic rings. The number of anilines is 2. The van der Waals surface area contributed by atoms with Gasteiger partial charge in [-0.3, -0.25) is 9.59 Å². The van der Waals surface area contributed by atoms with E-state index in [-0.39, 0.29) is 16.7 Å². The fraction of sp³-hybridized carbons (Fsp3) is 0.263. The lowest BCUT2D eigenvalue weighted by Crippen LogP contribution is -2.35. The van der Waals surface area contributed by atoms with Crippen LogP contribution in [0.2, 0.25) is 0 Å². The lowest BCUT2D eigenvalue weighted by molar-refractivity contribution is -0.119. The van der Waals surface area contributed by atoms with Crippen molar-refractivity contribution in [2.75, 3.05) is 23.0 Å². The molecule has 2 amide bonds. The molecule has 0 bridgehead atoms. The molecule has 0 unspecified atom stereocenters. The van der Waals surface area contributed by atoms with Crippen LogP contribution in [0.25, 0.3) is 0 Å². The number of hydrogen-bond donors (Lipinski definition) is 1. The Kier molecular flexibility index (Phi) is 5.08. The number of piperidine rings is 1. The summed E-state index contributed by atoms with van der Waals surface area (Å²) in [5.41, 5.74) is 1.63. The van der Waals surface area contributed by atoms with Gasteiger partial charge in [-0.05, 0) is 55.3 Å². The molecule has 26 heavy (non-hydrogen) atoms. The molecule has 3 rings (SSSR count). The largest absolute Gasteiger partial charge is 0.322 e. The molecular formula is C19H20N2O4S. The van der Waals surface area contributed by atoms with Crippen molar-refractivity contribution in [3.8, 4) is 0 Å². The molecular weight excluding hydrogens is 352 g/mol. The van der Waals surface area contributed by atoms with Crippen molar-refractivity contribution < 1.29 is 18.0 Å². The highest BCUT2D eigenvalue weighted by molar-refractivity contribution is 7.90. The molecule has 2 aromatic carbocycles. The number of nitrogens with one attached hydrogen (secondary N) is 1. The molecule has 0 saturated carbocycles. The number of carbonyl (C=O) groups is 2. The van der Waals surface area contributed by atoms with Crippen molar-refractivity contribution in [2.45, 2.75) is 24.2 Å². The molecule has 136 valence electrons. The van der Waals surface area contributed by atoms with Crippen LogP contribution in [0.1, 0.15) is 29.6 Å². The van der Waals surface area contributed by atoms with E-state index in [9.17, 15) is 18.0 Å². The predicted octanol–water partition coefficient (Wildman–Crippen LogP) is 2.86. The van der Waals surface area contributed by atoms with Crippen molar-refractivity contribution in [2.24, 2.45) is 0 Å². The van der Waals surface area contributed by atoms with Gasteiger partial charge in [0.2, 0.25) is 5.91 Å². The number of sulfone groups is 1. The highest BCUT2D eigenvalue weighted by atomic mass is 32.2. The normalized spacial score (nSPS) is 15.0. The Bertz CT molecular complexity index is 936. The molecule has 0 radical (unpaired) electrons. The average Bonchev–Trinajstić information content (AvgIpc) is 2.62. The molecule has 0 atom stereocenters. The Morgan fingerprint density at radius 3 is 2.46 bits per heavy atom. The second-order valence-electron chi connectivity index (χ2n) is 6.30. The number of amides is 2. The molecule has 1 heterocycles. The Hall–Kier alpha value is -2.67. The van der Waals surface area contributed by atoms with E-state index in [1.807, 2.05) is 0 Å². The topological polar surface area (TPSA) is 83.6 Å². The van der Waals surface area contributed by atoms with E-state index in [0.717, 1.165) is 24.8 Å². The molecule has 1 N–H and O–H groups in total. The van der Waals surface area contributed by atoms with Gasteiger partial charge >= 0.3 is 0 Å². The maximum absolute atomic E-state index is 12.4. The zero-order chi connectivity index (χ0) is 18.7. The van der Waals surface area contributed by atoms with E-state index in [1.54, 1.807) is 41.3 Å². The second-order valence-corrected chi connectivity index (χ2v) is 8.32. The summed E-state index contributed by atoms with van der Waals surface area (Å²) >= 11 is 0. The van der Waals surface area contributed by atoms with Crippen molar-refractivity contribution in [1.82, 2.24) is 0 Å². The molecule has 6 nitrogen and oxygen atoms in total. The van der Waals surface area contributed by atoms with Crippen LogP contribution in [-0.2, 0) is 14.6 Å². The minimum atomic E-state index is -3.34. The predicted molar refractivity (Wildman–Crippen MR) is 100 cm³/mol.